The molecule has 2 heteroatoms. The molecule has 0 aromatic carbocycles. The van der Waals surface area contributed by atoms with Crippen molar-refractivity contribution in [3.63, 3.8) is 0 Å². The summed E-state index contributed by atoms with van der Waals surface area (Å²) in [5, 5.41) is 0. The van der Waals surface area contributed by atoms with Crippen LogP contribution in [0.1, 0.15) is 40.5 Å². The third-order valence-corrected chi connectivity index (χ3v) is 3.22. The van der Waals surface area contributed by atoms with E-state index in [0.29, 0.717) is 0 Å². The lowest BCUT2D eigenvalue weighted by Crippen LogP contribution is -2.15. The zero-order valence-electron chi connectivity index (χ0n) is 11.7. The molecule has 1 aliphatic heterocycles. The van der Waals surface area contributed by atoms with E-state index in [1.807, 2.05) is 19.9 Å². The maximum Gasteiger partial charge on any atom is 0.199 e. The molecule has 1 aliphatic rings. The molecule has 0 aromatic heterocycles. The van der Waals surface area contributed by atoms with Gasteiger partial charge in [-0.25, -0.2) is 0 Å². The van der Waals surface area contributed by atoms with Crippen molar-refractivity contribution in [3.8, 4) is 0 Å². The van der Waals surface area contributed by atoms with Crippen molar-refractivity contribution in [1.29, 1.82) is 0 Å². The van der Waals surface area contributed by atoms with E-state index >= 15 is 0 Å². The maximum atomic E-state index is 5.82. The molecule has 1 heterocycles. The van der Waals surface area contributed by atoms with Crippen molar-refractivity contribution in [2.75, 3.05) is 7.11 Å². The monoisotopic (exact) mass is 236 g/mol. The molecule has 1 rings (SSSR count). The van der Waals surface area contributed by atoms with Crippen LogP contribution >= 0.6 is 0 Å². The summed E-state index contributed by atoms with van der Waals surface area (Å²) < 4.78 is 11.1. The fourth-order valence-electron chi connectivity index (χ4n) is 2.14. The second-order valence-corrected chi connectivity index (χ2v) is 5.36. The molecule has 0 bridgehead atoms. The molecule has 0 radical (unpaired) electrons. The molecule has 2 nitrogen and oxygen atoms in total. The number of hydrogen-bond donors (Lipinski definition) is 0. The average Bonchev–Trinajstić information content (AvgIpc) is 2.33. The highest BCUT2D eigenvalue weighted by Gasteiger charge is 2.29. The largest absolute Gasteiger partial charge is 0.469 e. The first-order chi connectivity index (χ1) is 7.86. The van der Waals surface area contributed by atoms with E-state index in [4.69, 9.17) is 9.47 Å². The Kier molecular flexibility index (Phi) is 4.58. The smallest absolute Gasteiger partial charge is 0.199 e. The van der Waals surface area contributed by atoms with Gasteiger partial charge in [-0.05, 0) is 31.3 Å². The minimum absolute atomic E-state index is 0.114. The Balaban J connectivity index is 3.04. The lowest BCUT2D eigenvalue weighted by atomic mass is 9.79. The Labute approximate surface area is 105 Å². The molecular formula is C15H24O2. The molecule has 0 spiro atoms. The first-order valence-electron chi connectivity index (χ1n) is 6.11. The van der Waals surface area contributed by atoms with Crippen molar-refractivity contribution >= 4 is 0 Å². The number of allylic oxidation sites excluding steroid dienone is 5. The third-order valence-electron chi connectivity index (χ3n) is 3.22. The van der Waals surface area contributed by atoms with E-state index in [0.717, 1.165) is 24.2 Å². The second kappa shape index (κ2) is 5.54. The van der Waals surface area contributed by atoms with Crippen molar-refractivity contribution in [2.24, 2.45) is 5.41 Å². The predicted octanol–water partition coefficient (Wildman–Crippen LogP) is 4.20. The molecular weight excluding hydrogens is 212 g/mol. The molecule has 0 N–H and O–H groups in total. The first kappa shape index (κ1) is 14.0. The third kappa shape index (κ3) is 3.74. The number of methoxy groups -OCH3 is 1. The van der Waals surface area contributed by atoms with E-state index in [1.165, 1.54) is 5.57 Å². The van der Waals surface area contributed by atoms with Crippen LogP contribution in [0.25, 0.3) is 0 Å². The van der Waals surface area contributed by atoms with E-state index in [1.54, 1.807) is 7.11 Å². The van der Waals surface area contributed by atoms with Gasteiger partial charge in [0.1, 0.15) is 5.76 Å². The second-order valence-electron chi connectivity index (χ2n) is 5.36. The SMILES string of the molecule is C=C(C)/C=C/C1=C(C)OC(OC)CCC1(C)C. The summed E-state index contributed by atoms with van der Waals surface area (Å²) in [6.45, 7) is 12.4. The van der Waals surface area contributed by atoms with Gasteiger partial charge in [0, 0.05) is 13.5 Å². The normalized spacial score (nSPS) is 24.6. The highest BCUT2D eigenvalue weighted by atomic mass is 16.7. The Morgan fingerprint density at radius 1 is 1.53 bits per heavy atom. The van der Waals surface area contributed by atoms with Crippen molar-refractivity contribution < 1.29 is 9.47 Å². The zero-order chi connectivity index (χ0) is 13.1. The fraction of sp³-hybridized carbons (Fsp3) is 0.600. The number of ether oxygens (including phenoxy) is 2. The molecule has 17 heavy (non-hydrogen) atoms. The zero-order valence-corrected chi connectivity index (χ0v) is 11.7. The summed E-state index contributed by atoms with van der Waals surface area (Å²) >= 11 is 0. The van der Waals surface area contributed by atoms with Gasteiger partial charge < -0.3 is 9.47 Å². The van der Waals surface area contributed by atoms with E-state index in [-0.39, 0.29) is 11.7 Å². The van der Waals surface area contributed by atoms with Crippen molar-refractivity contribution in [3.05, 3.63) is 35.6 Å². The van der Waals surface area contributed by atoms with Gasteiger partial charge in [0.25, 0.3) is 0 Å². The highest BCUT2D eigenvalue weighted by molar-refractivity contribution is 5.32. The summed E-state index contributed by atoms with van der Waals surface area (Å²) in [6, 6.07) is 0. The number of hydrogen-bond acceptors (Lipinski definition) is 2. The van der Waals surface area contributed by atoms with Crippen LogP contribution in [0.3, 0.4) is 0 Å². The van der Waals surface area contributed by atoms with Crippen LogP contribution in [0.5, 0.6) is 0 Å². The van der Waals surface area contributed by atoms with Crippen molar-refractivity contribution in [1.82, 2.24) is 0 Å². The molecule has 0 saturated heterocycles. The van der Waals surface area contributed by atoms with Crippen LogP contribution in [-0.4, -0.2) is 13.4 Å². The van der Waals surface area contributed by atoms with Gasteiger partial charge in [-0.15, -0.1) is 0 Å². The standard InChI is InChI=1S/C15H24O2/c1-11(2)7-8-13-12(3)17-14(16-6)9-10-15(13,4)5/h7-8,14H,1,9-10H2,2-6H3/b8-7+. The Hall–Kier alpha value is -1.02. The molecule has 1 atom stereocenters. The van der Waals surface area contributed by atoms with E-state index in [9.17, 15) is 0 Å². The highest BCUT2D eigenvalue weighted by Crippen LogP contribution is 2.39. The maximum absolute atomic E-state index is 5.82. The van der Waals surface area contributed by atoms with Crippen LogP contribution in [-0.2, 0) is 9.47 Å². The van der Waals surface area contributed by atoms with Crippen LogP contribution in [0.15, 0.2) is 35.6 Å². The molecule has 0 aliphatic carbocycles. The molecule has 0 saturated carbocycles. The Morgan fingerprint density at radius 2 is 2.18 bits per heavy atom. The van der Waals surface area contributed by atoms with Gasteiger partial charge in [-0.1, -0.05) is 38.2 Å². The molecule has 0 amide bonds. The van der Waals surface area contributed by atoms with Gasteiger partial charge in [-0.3, -0.25) is 0 Å². The lowest BCUT2D eigenvalue weighted by molar-refractivity contribution is -0.0965. The van der Waals surface area contributed by atoms with E-state index in [2.05, 4.69) is 26.5 Å². The molecule has 0 fully saturated rings. The summed E-state index contributed by atoms with van der Waals surface area (Å²) in [6.07, 6.45) is 6.02. The molecule has 96 valence electrons. The van der Waals surface area contributed by atoms with Crippen molar-refractivity contribution in [2.45, 2.75) is 46.8 Å². The summed E-state index contributed by atoms with van der Waals surface area (Å²) in [5.74, 6) is 0.955. The van der Waals surface area contributed by atoms with Crippen LogP contribution < -0.4 is 0 Å². The summed E-state index contributed by atoms with van der Waals surface area (Å²) in [4.78, 5) is 0. The minimum Gasteiger partial charge on any atom is -0.469 e. The Bertz CT molecular complexity index is 348. The van der Waals surface area contributed by atoms with Gasteiger partial charge in [0.05, 0.1) is 0 Å². The minimum atomic E-state index is -0.120. The van der Waals surface area contributed by atoms with Gasteiger partial charge in [0.15, 0.2) is 6.29 Å². The molecule has 0 aromatic rings. The van der Waals surface area contributed by atoms with Crippen LogP contribution in [0.2, 0.25) is 0 Å². The Morgan fingerprint density at radius 3 is 2.71 bits per heavy atom. The quantitative estimate of drug-likeness (QED) is 0.684. The lowest BCUT2D eigenvalue weighted by Gasteiger charge is -2.24. The van der Waals surface area contributed by atoms with Crippen LogP contribution in [0.4, 0.5) is 0 Å². The molecule has 1 unspecified atom stereocenters. The summed E-state index contributed by atoms with van der Waals surface area (Å²) in [7, 11) is 1.69. The van der Waals surface area contributed by atoms with E-state index < -0.39 is 0 Å². The topological polar surface area (TPSA) is 18.5 Å². The predicted molar refractivity (Wildman–Crippen MR) is 71.6 cm³/mol. The first-order valence-corrected chi connectivity index (χ1v) is 6.11. The van der Waals surface area contributed by atoms with Crippen LogP contribution in [0, 0.1) is 5.41 Å². The van der Waals surface area contributed by atoms with Gasteiger partial charge in [-0.2, -0.15) is 0 Å². The fourth-order valence-corrected chi connectivity index (χ4v) is 2.14. The summed E-state index contributed by atoms with van der Waals surface area (Å²) in [5.41, 5.74) is 2.40. The number of rotatable bonds is 3. The average molecular weight is 236 g/mol. The van der Waals surface area contributed by atoms with Gasteiger partial charge in [0.2, 0.25) is 0 Å². The van der Waals surface area contributed by atoms with Gasteiger partial charge >= 0.3 is 0 Å².